The second-order valence-electron chi connectivity index (χ2n) is 4.86. The lowest BCUT2D eigenvalue weighted by atomic mass is 10.1. The molecule has 1 amide bonds. The van der Waals surface area contributed by atoms with E-state index in [0.29, 0.717) is 15.8 Å². The number of nitrogens with zero attached hydrogens (tertiary/aromatic N) is 2. The number of carbonyl (C=O) groups excluding carboxylic acids is 1. The van der Waals surface area contributed by atoms with Crippen LogP contribution in [0, 0.1) is 0 Å². The molecule has 2 heterocycles. The van der Waals surface area contributed by atoms with E-state index in [1.54, 1.807) is 17.3 Å². The summed E-state index contributed by atoms with van der Waals surface area (Å²) in [5.74, 6) is -0.0187. The standard InChI is InChI=1S/C17H14N2OS2/c20-16-15(11-14-7-4-9-18-12-14)22-17(21)19(16)10-8-13-5-2-1-3-6-13/h1-7,9,11-12H,8,10H2. The zero-order valence-electron chi connectivity index (χ0n) is 11.8. The van der Waals surface area contributed by atoms with E-state index in [1.165, 1.54) is 17.3 Å². The Labute approximate surface area is 139 Å². The summed E-state index contributed by atoms with van der Waals surface area (Å²) in [5.41, 5.74) is 2.11. The summed E-state index contributed by atoms with van der Waals surface area (Å²) >= 11 is 6.69. The number of pyridine rings is 1. The van der Waals surface area contributed by atoms with Crippen molar-refractivity contribution in [3.63, 3.8) is 0 Å². The molecule has 1 saturated heterocycles. The van der Waals surface area contributed by atoms with Gasteiger partial charge in [0.15, 0.2) is 0 Å². The van der Waals surface area contributed by atoms with Crippen molar-refractivity contribution in [2.24, 2.45) is 0 Å². The van der Waals surface area contributed by atoms with Gasteiger partial charge < -0.3 is 0 Å². The minimum atomic E-state index is -0.0187. The van der Waals surface area contributed by atoms with Crippen LogP contribution in [-0.4, -0.2) is 26.7 Å². The molecule has 110 valence electrons. The van der Waals surface area contributed by atoms with Crippen LogP contribution in [0.2, 0.25) is 0 Å². The van der Waals surface area contributed by atoms with E-state index in [-0.39, 0.29) is 5.91 Å². The van der Waals surface area contributed by atoms with Crippen LogP contribution >= 0.6 is 24.0 Å². The Hall–Kier alpha value is -1.98. The summed E-state index contributed by atoms with van der Waals surface area (Å²) in [6.45, 7) is 0.610. The first-order valence-electron chi connectivity index (χ1n) is 6.93. The molecule has 3 nitrogen and oxygen atoms in total. The van der Waals surface area contributed by atoms with Gasteiger partial charge in [-0.25, -0.2) is 0 Å². The number of thiocarbonyl (C=S) groups is 1. The Balaban J connectivity index is 1.71. The maximum absolute atomic E-state index is 12.5. The molecule has 0 spiro atoms. The highest BCUT2D eigenvalue weighted by Gasteiger charge is 2.31. The highest BCUT2D eigenvalue weighted by molar-refractivity contribution is 8.26. The third-order valence-electron chi connectivity index (χ3n) is 3.32. The monoisotopic (exact) mass is 326 g/mol. The van der Waals surface area contributed by atoms with Gasteiger partial charge in [0.05, 0.1) is 4.91 Å². The summed E-state index contributed by atoms with van der Waals surface area (Å²) in [6.07, 6.45) is 6.08. The molecule has 0 N–H and O–H groups in total. The first-order chi connectivity index (χ1) is 10.7. The van der Waals surface area contributed by atoms with Crippen molar-refractivity contribution >= 4 is 40.3 Å². The molecular weight excluding hydrogens is 312 g/mol. The molecule has 5 heteroatoms. The van der Waals surface area contributed by atoms with Crippen molar-refractivity contribution in [1.29, 1.82) is 0 Å². The van der Waals surface area contributed by atoms with Crippen LogP contribution in [0.1, 0.15) is 11.1 Å². The fourth-order valence-electron chi connectivity index (χ4n) is 2.19. The number of hydrogen-bond donors (Lipinski definition) is 0. The van der Waals surface area contributed by atoms with Crippen LogP contribution in [0.5, 0.6) is 0 Å². The fourth-order valence-corrected chi connectivity index (χ4v) is 3.50. The lowest BCUT2D eigenvalue weighted by Crippen LogP contribution is -2.30. The SMILES string of the molecule is O=C1C(=Cc2cccnc2)SC(=S)N1CCc1ccccc1. The fraction of sp³-hybridized carbons (Fsp3) is 0.118. The Kier molecular flexibility index (Phi) is 4.65. The summed E-state index contributed by atoms with van der Waals surface area (Å²) < 4.78 is 0.621. The van der Waals surface area contributed by atoms with E-state index in [9.17, 15) is 4.79 Å². The van der Waals surface area contributed by atoms with Crippen LogP contribution in [0.3, 0.4) is 0 Å². The van der Waals surface area contributed by atoms with Gasteiger partial charge in [-0.05, 0) is 29.7 Å². The Morgan fingerprint density at radius 2 is 2.00 bits per heavy atom. The number of thioether (sulfide) groups is 1. The van der Waals surface area contributed by atoms with E-state index < -0.39 is 0 Å². The molecule has 3 rings (SSSR count). The van der Waals surface area contributed by atoms with Crippen LogP contribution in [0.15, 0.2) is 59.8 Å². The molecule has 1 aromatic carbocycles. The van der Waals surface area contributed by atoms with Crippen LogP contribution in [0.25, 0.3) is 6.08 Å². The molecule has 0 aliphatic carbocycles. The summed E-state index contributed by atoms with van der Waals surface area (Å²) in [5, 5.41) is 0. The number of carbonyl (C=O) groups is 1. The number of amides is 1. The van der Waals surface area contributed by atoms with Crippen LogP contribution < -0.4 is 0 Å². The minimum Gasteiger partial charge on any atom is -0.293 e. The van der Waals surface area contributed by atoms with Crippen molar-refractivity contribution in [3.05, 3.63) is 70.9 Å². The predicted octanol–water partition coefficient (Wildman–Crippen LogP) is 3.53. The quantitative estimate of drug-likeness (QED) is 0.636. The van der Waals surface area contributed by atoms with Crippen molar-refractivity contribution in [3.8, 4) is 0 Å². The third-order valence-corrected chi connectivity index (χ3v) is 4.70. The summed E-state index contributed by atoms with van der Waals surface area (Å²) in [6, 6.07) is 13.9. The molecule has 0 atom stereocenters. The topological polar surface area (TPSA) is 33.2 Å². The Morgan fingerprint density at radius 1 is 1.18 bits per heavy atom. The van der Waals surface area contributed by atoms with Crippen molar-refractivity contribution < 1.29 is 4.79 Å². The molecule has 1 aliphatic heterocycles. The Bertz CT molecular complexity index is 714. The second-order valence-corrected chi connectivity index (χ2v) is 6.53. The predicted molar refractivity (Wildman–Crippen MR) is 94.3 cm³/mol. The van der Waals surface area contributed by atoms with Gasteiger partial charge in [-0.1, -0.05) is 60.4 Å². The van der Waals surface area contributed by atoms with Gasteiger partial charge in [0.25, 0.3) is 5.91 Å². The van der Waals surface area contributed by atoms with Gasteiger partial charge in [-0.3, -0.25) is 14.7 Å². The normalized spacial score (nSPS) is 16.5. The van der Waals surface area contributed by atoms with Gasteiger partial charge >= 0.3 is 0 Å². The first kappa shape index (κ1) is 14.9. The molecule has 0 radical (unpaired) electrons. The van der Waals surface area contributed by atoms with Gasteiger partial charge in [-0.15, -0.1) is 0 Å². The lowest BCUT2D eigenvalue weighted by molar-refractivity contribution is -0.122. The van der Waals surface area contributed by atoms with E-state index in [4.69, 9.17) is 12.2 Å². The molecule has 2 aromatic rings. The van der Waals surface area contributed by atoms with Gasteiger partial charge in [0.1, 0.15) is 4.32 Å². The maximum Gasteiger partial charge on any atom is 0.266 e. The average Bonchev–Trinajstić information content (AvgIpc) is 2.81. The highest BCUT2D eigenvalue weighted by Crippen LogP contribution is 2.32. The van der Waals surface area contributed by atoms with E-state index in [0.717, 1.165) is 12.0 Å². The van der Waals surface area contributed by atoms with Crippen LogP contribution in [-0.2, 0) is 11.2 Å². The molecule has 1 aromatic heterocycles. The van der Waals surface area contributed by atoms with Gasteiger partial charge in [-0.2, -0.15) is 0 Å². The average molecular weight is 326 g/mol. The number of hydrogen-bond acceptors (Lipinski definition) is 4. The highest BCUT2D eigenvalue weighted by atomic mass is 32.2. The van der Waals surface area contributed by atoms with Crippen molar-refractivity contribution in [2.45, 2.75) is 6.42 Å². The minimum absolute atomic E-state index is 0.0187. The van der Waals surface area contributed by atoms with Crippen molar-refractivity contribution in [2.75, 3.05) is 6.54 Å². The van der Waals surface area contributed by atoms with E-state index in [2.05, 4.69) is 17.1 Å². The Morgan fingerprint density at radius 3 is 2.73 bits per heavy atom. The molecule has 1 aliphatic rings. The van der Waals surface area contributed by atoms with Gasteiger partial charge in [0, 0.05) is 18.9 Å². The van der Waals surface area contributed by atoms with E-state index >= 15 is 0 Å². The van der Waals surface area contributed by atoms with E-state index in [1.807, 2.05) is 36.4 Å². The zero-order chi connectivity index (χ0) is 15.4. The van der Waals surface area contributed by atoms with Crippen molar-refractivity contribution in [1.82, 2.24) is 9.88 Å². The summed E-state index contributed by atoms with van der Waals surface area (Å²) in [4.78, 5) is 18.9. The first-order valence-corrected chi connectivity index (χ1v) is 8.16. The molecule has 1 fully saturated rings. The van der Waals surface area contributed by atoms with Gasteiger partial charge in [0.2, 0.25) is 0 Å². The third kappa shape index (κ3) is 3.43. The summed E-state index contributed by atoms with van der Waals surface area (Å²) in [7, 11) is 0. The molecule has 22 heavy (non-hydrogen) atoms. The number of rotatable bonds is 4. The molecule has 0 bridgehead atoms. The zero-order valence-corrected chi connectivity index (χ0v) is 13.4. The molecule has 0 unspecified atom stereocenters. The molecular formula is C17H14N2OS2. The lowest BCUT2D eigenvalue weighted by Gasteiger charge is -2.14. The maximum atomic E-state index is 12.5. The second kappa shape index (κ2) is 6.85. The smallest absolute Gasteiger partial charge is 0.266 e. The number of aromatic nitrogens is 1. The number of benzene rings is 1. The molecule has 0 saturated carbocycles. The van der Waals surface area contributed by atoms with Crippen LogP contribution in [0.4, 0.5) is 0 Å². The largest absolute Gasteiger partial charge is 0.293 e.